The SMILES string of the molecule is O=S(=O)(Nc1nnns1)c1ccc(Br)cc1. The summed E-state index contributed by atoms with van der Waals surface area (Å²) in [5.41, 5.74) is 0. The molecular weight excluding hydrogens is 316 g/mol. The van der Waals surface area contributed by atoms with E-state index in [-0.39, 0.29) is 10.0 Å². The number of halogens is 1. The molecular formula is C7H5BrN4O2S2. The maximum absolute atomic E-state index is 11.8. The molecule has 0 aliphatic heterocycles. The Balaban J connectivity index is 2.29. The van der Waals surface area contributed by atoms with Gasteiger partial charge in [-0.3, -0.25) is 4.72 Å². The highest BCUT2D eigenvalue weighted by Gasteiger charge is 2.15. The van der Waals surface area contributed by atoms with Crippen LogP contribution in [0.5, 0.6) is 0 Å². The fourth-order valence-electron chi connectivity index (χ4n) is 0.961. The van der Waals surface area contributed by atoms with E-state index in [0.29, 0.717) is 0 Å². The highest BCUT2D eigenvalue weighted by Crippen LogP contribution is 2.18. The molecule has 1 heterocycles. The third-order valence-electron chi connectivity index (χ3n) is 1.64. The first-order valence-electron chi connectivity index (χ1n) is 4.01. The van der Waals surface area contributed by atoms with Gasteiger partial charge in [0, 0.05) is 16.0 Å². The van der Waals surface area contributed by atoms with Crippen molar-refractivity contribution in [3.63, 3.8) is 0 Å². The highest BCUT2D eigenvalue weighted by atomic mass is 79.9. The zero-order valence-corrected chi connectivity index (χ0v) is 10.9. The number of benzene rings is 1. The Morgan fingerprint density at radius 2 is 1.94 bits per heavy atom. The third kappa shape index (κ3) is 2.54. The summed E-state index contributed by atoms with van der Waals surface area (Å²) in [6, 6.07) is 6.27. The van der Waals surface area contributed by atoms with Crippen LogP contribution in [0, 0.1) is 0 Å². The monoisotopic (exact) mass is 320 g/mol. The van der Waals surface area contributed by atoms with Crippen LogP contribution in [-0.4, -0.2) is 23.2 Å². The normalized spacial score (nSPS) is 11.3. The molecule has 16 heavy (non-hydrogen) atoms. The van der Waals surface area contributed by atoms with E-state index in [0.717, 1.165) is 16.0 Å². The minimum atomic E-state index is -3.60. The van der Waals surface area contributed by atoms with Crippen molar-refractivity contribution >= 4 is 42.6 Å². The van der Waals surface area contributed by atoms with E-state index >= 15 is 0 Å². The van der Waals surface area contributed by atoms with Crippen molar-refractivity contribution in [2.24, 2.45) is 0 Å². The molecule has 84 valence electrons. The van der Waals surface area contributed by atoms with Crippen molar-refractivity contribution in [2.45, 2.75) is 4.90 Å². The summed E-state index contributed by atoms with van der Waals surface area (Å²) in [7, 11) is -3.60. The molecule has 6 nitrogen and oxygen atoms in total. The van der Waals surface area contributed by atoms with Gasteiger partial charge in [0.1, 0.15) is 0 Å². The van der Waals surface area contributed by atoms with Gasteiger partial charge in [-0.15, -0.1) is 0 Å². The molecule has 2 aromatic rings. The van der Waals surface area contributed by atoms with Crippen LogP contribution in [0.1, 0.15) is 0 Å². The summed E-state index contributed by atoms with van der Waals surface area (Å²) in [5.74, 6) is 0. The van der Waals surface area contributed by atoms with Crippen LogP contribution in [0.4, 0.5) is 5.13 Å². The number of anilines is 1. The Hall–Kier alpha value is -1.06. The van der Waals surface area contributed by atoms with E-state index in [1.807, 2.05) is 0 Å². The summed E-state index contributed by atoms with van der Waals surface area (Å²) in [4.78, 5) is 0.158. The molecule has 1 aromatic carbocycles. The van der Waals surface area contributed by atoms with Gasteiger partial charge in [-0.05, 0) is 29.5 Å². The quantitative estimate of drug-likeness (QED) is 0.926. The molecule has 2 rings (SSSR count). The van der Waals surface area contributed by atoms with Crippen LogP contribution in [0.15, 0.2) is 33.6 Å². The molecule has 0 bridgehead atoms. The molecule has 0 aliphatic carbocycles. The smallest absolute Gasteiger partial charge is 0.252 e. The minimum Gasteiger partial charge on any atom is -0.252 e. The molecule has 0 saturated heterocycles. The lowest BCUT2D eigenvalue weighted by Gasteiger charge is -2.03. The van der Waals surface area contributed by atoms with E-state index in [1.54, 1.807) is 12.1 Å². The van der Waals surface area contributed by atoms with Gasteiger partial charge in [0.05, 0.1) is 4.90 Å². The Kier molecular flexibility index (Phi) is 3.17. The topological polar surface area (TPSA) is 84.8 Å². The molecule has 1 N–H and O–H groups in total. The molecule has 0 fully saturated rings. The number of nitrogens with zero attached hydrogens (tertiary/aromatic N) is 3. The fraction of sp³-hybridized carbons (Fsp3) is 0. The van der Waals surface area contributed by atoms with E-state index in [1.165, 1.54) is 12.1 Å². The van der Waals surface area contributed by atoms with E-state index in [4.69, 9.17) is 0 Å². The van der Waals surface area contributed by atoms with Crippen molar-refractivity contribution < 1.29 is 8.42 Å². The molecule has 0 aliphatic rings. The lowest BCUT2D eigenvalue weighted by molar-refractivity contribution is 0.601. The van der Waals surface area contributed by atoms with Gasteiger partial charge >= 0.3 is 0 Å². The number of hydrogen-bond donors (Lipinski definition) is 1. The maximum atomic E-state index is 11.8. The van der Waals surface area contributed by atoms with Crippen LogP contribution in [0.2, 0.25) is 0 Å². The largest absolute Gasteiger partial charge is 0.263 e. The van der Waals surface area contributed by atoms with Gasteiger partial charge in [0.25, 0.3) is 10.0 Å². The standard InChI is InChI=1S/C7H5BrN4O2S2/c8-5-1-3-6(4-2-5)16(13,14)10-7-9-11-12-15-7/h1-4H,(H,9,10,12). The zero-order chi connectivity index (χ0) is 11.6. The average Bonchev–Trinajstić information content (AvgIpc) is 2.70. The molecule has 0 amide bonds. The van der Waals surface area contributed by atoms with E-state index in [2.05, 4.69) is 35.5 Å². The van der Waals surface area contributed by atoms with Crippen molar-refractivity contribution in [3.8, 4) is 0 Å². The van der Waals surface area contributed by atoms with Crippen LogP contribution in [-0.2, 0) is 10.0 Å². The second-order valence-corrected chi connectivity index (χ2v) is 6.06. The van der Waals surface area contributed by atoms with Crippen molar-refractivity contribution in [2.75, 3.05) is 4.72 Å². The number of rotatable bonds is 3. The Labute approximate surface area is 104 Å². The molecule has 9 heteroatoms. The van der Waals surface area contributed by atoms with Gasteiger partial charge in [0.15, 0.2) is 0 Å². The van der Waals surface area contributed by atoms with Crippen LogP contribution >= 0.6 is 27.5 Å². The lowest BCUT2D eigenvalue weighted by Crippen LogP contribution is -2.12. The Morgan fingerprint density at radius 1 is 1.25 bits per heavy atom. The lowest BCUT2D eigenvalue weighted by atomic mass is 10.4. The van der Waals surface area contributed by atoms with Crippen LogP contribution < -0.4 is 4.72 Å². The zero-order valence-electron chi connectivity index (χ0n) is 7.66. The van der Waals surface area contributed by atoms with Gasteiger partial charge < -0.3 is 0 Å². The first-order chi connectivity index (χ1) is 7.58. The Morgan fingerprint density at radius 3 is 2.50 bits per heavy atom. The van der Waals surface area contributed by atoms with E-state index in [9.17, 15) is 8.42 Å². The molecule has 1 aromatic heterocycles. The summed E-state index contributed by atoms with van der Waals surface area (Å²) in [6.45, 7) is 0. The second-order valence-electron chi connectivity index (χ2n) is 2.73. The van der Waals surface area contributed by atoms with Crippen LogP contribution in [0.25, 0.3) is 0 Å². The van der Waals surface area contributed by atoms with Crippen molar-refractivity contribution in [1.29, 1.82) is 0 Å². The summed E-state index contributed by atoms with van der Waals surface area (Å²) >= 11 is 4.10. The van der Waals surface area contributed by atoms with Crippen molar-refractivity contribution in [3.05, 3.63) is 28.7 Å². The third-order valence-corrected chi connectivity index (χ3v) is 4.17. The summed E-state index contributed by atoms with van der Waals surface area (Å²) < 4.78 is 30.1. The first kappa shape index (κ1) is 11.4. The first-order valence-corrected chi connectivity index (χ1v) is 7.06. The molecule has 0 radical (unpaired) electrons. The molecule has 0 saturated carbocycles. The minimum absolute atomic E-state index is 0.142. The highest BCUT2D eigenvalue weighted by molar-refractivity contribution is 9.10. The summed E-state index contributed by atoms with van der Waals surface area (Å²) in [5, 5.41) is 6.94. The molecule has 0 spiro atoms. The maximum Gasteiger partial charge on any atom is 0.263 e. The predicted octanol–water partition coefficient (Wildman–Crippen LogP) is 1.50. The number of aromatic nitrogens is 3. The van der Waals surface area contributed by atoms with E-state index < -0.39 is 10.0 Å². The number of hydrogen-bond acceptors (Lipinski definition) is 6. The number of sulfonamides is 1. The van der Waals surface area contributed by atoms with Gasteiger partial charge in [-0.2, -0.15) is 0 Å². The second kappa shape index (κ2) is 4.44. The van der Waals surface area contributed by atoms with Crippen LogP contribution in [0.3, 0.4) is 0 Å². The number of nitrogens with one attached hydrogen (secondary N) is 1. The average molecular weight is 321 g/mol. The fourth-order valence-corrected chi connectivity index (χ4v) is 2.81. The van der Waals surface area contributed by atoms with Gasteiger partial charge in [-0.25, -0.2) is 8.42 Å². The predicted molar refractivity (Wildman–Crippen MR) is 62.7 cm³/mol. The molecule has 0 atom stereocenters. The van der Waals surface area contributed by atoms with Gasteiger partial charge in [0.2, 0.25) is 5.13 Å². The van der Waals surface area contributed by atoms with Gasteiger partial charge in [-0.1, -0.05) is 25.5 Å². The van der Waals surface area contributed by atoms with Crippen molar-refractivity contribution in [1.82, 2.24) is 14.8 Å². The summed E-state index contributed by atoms with van der Waals surface area (Å²) in [6.07, 6.45) is 0. The molecule has 0 unspecified atom stereocenters. The Bertz CT molecular complexity index is 567.